The fourth-order valence-corrected chi connectivity index (χ4v) is 3.32. The van der Waals surface area contributed by atoms with Gasteiger partial charge in [-0.1, -0.05) is 43.0 Å². The molecule has 0 N–H and O–H groups in total. The lowest BCUT2D eigenvalue weighted by Crippen LogP contribution is -2.07. The van der Waals surface area contributed by atoms with E-state index in [1.165, 1.54) is 5.56 Å². The van der Waals surface area contributed by atoms with Gasteiger partial charge in [0.15, 0.2) is 5.82 Å². The topological polar surface area (TPSA) is 30.7 Å². The van der Waals surface area contributed by atoms with Gasteiger partial charge < -0.3 is 0 Å². The third kappa shape index (κ3) is 2.04. The first-order valence-corrected chi connectivity index (χ1v) is 7.60. The molecule has 1 saturated carbocycles. The average Bonchev–Trinajstić information content (AvgIpc) is 3.03. The maximum absolute atomic E-state index is 4.75. The minimum absolute atomic E-state index is 0.324. The normalized spacial score (nSPS) is 26.4. The van der Waals surface area contributed by atoms with Gasteiger partial charge in [-0.15, -0.1) is 6.58 Å². The summed E-state index contributed by atoms with van der Waals surface area (Å²) in [5.74, 6) is 3.00. The summed E-state index contributed by atoms with van der Waals surface area (Å²) in [6.07, 6.45) is 5.25. The molecule has 3 heteroatoms. The molecule has 0 bridgehead atoms. The zero-order valence-corrected chi connectivity index (χ0v) is 12.1. The number of nitrogens with zero attached hydrogens (tertiary/aromatic N) is 3. The van der Waals surface area contributed by atoms with Crippen molar-refractivity contribution in [2.75, 3.05) is 0 Å². The largest absolute Gasteiger partial charge is 0.242 e. The van der Waals surface area contributed by atoms with Crippen molar-refractivity contribution in [2.45, 2.75) is 25.3 Å². The number of rotatable bonds is 4. The first-order valence-electron chi connectivity index (χ1n) is 7.60. The minimum Gasteiger partial charge on any atom is -0.242 e. The Morgan fingerprint density at radius 3 is 2.81 bits per heavy atom. The van der Waals surface area contributed by atoms with Crippen LogP contribution in [-0.4, -0.2) is 14.8 Å². The van der Waals surface area contributed by atoms with Crippen LogP contribution in [0.1, 0.15) is 36.1 Å². The zero-order valence-electron chi connectivity index (χ0n) is 12.1. The minimum atomic E-state index is 0.324. The molecular formula is C18H19N3. The number of hydrogen-bond donors (Lipinski definition) is 0. The summed E-state index contributed by atoms with van der Waals surface area (Å²) in [4.78, 5) is 4.71. The monoisotopic (exact) mass is 277 g/mol. The van der Waals surface area contributed by atoms with E-state index >= 15 is 0 Å². The Morgan fingerprint density at radius 1 is 1.29 bits per heavy atom. The Balaban J connectivity index is 1.62. The van der Waals surface area contributed by atoms with Crippen molar-refractivity contribution in [3.63, 3.8) is 0 Å². The Hall–Kier alpha value is -2.16. The van der Waals surface area contributed by atoms with Gasteiger partial charge in [-0.05, 0) is 35.8 Å². The lowest BCUT2D eigenvalue weighted by Gasteiger charge is -2.11. The molecule has 2 heterocycles. The molecule has 0 saturated heterocycles. The van der Waals surface area contributed by atoms with Crippen LogP contribution in [0.3, 0.4) is 0 Å². The van der Waals surface area contributed by atoms with E-state index in [0.29, 0.717) is 17.9 Å². The van der Waals surface area contributed by atoms with Gasteiger partial charge in [0.1, 0.15) is 5.82 Å². The van der Waals surface area contributed by atoms with Crippen molar-refractivity contribution < 1.29 is 0 Å². The molecule has 2 aliphatic rings. The SMILES string of the molecule is C=C[C@H]1C[C@@H]1C(=C)c1nc2n(n1)C(c1ccccc1)CC2. The van der Waals surface area contributed by atoms with Crippen LogP contribution >= 0.6 is 0 Å². The third-order valence-electron chi connectivity index (χ3n) is 4.70. The molecule has 1 aliphatic heterocycles. The fraction of sp³-hybridized carbons (Fsp3) is 0.333. The summed E-state index contributed by atoms with van der Waals surface area (Å²) in [6, 6.07) is 10.9. The van der Waals surface area contributed by atoms with E-state index in [-0.39, 0.29) is 0 Å². The lowest BCUT2D eigenvalue weighted by atomic mass is 10.1. The Kier molecular flexibility index (Phi) is 2.81. The van der Waals surface area contributed by atoms with E-state index in [1.54, 1.807) is 0 Å². The van der Waals surface area contributed by atoms with Gasteiger partial charge >= 0.3 is 0 Å². The summed E-state index contributed by atoms with van der Waals surface area (Å²) < 4.78 is 2.10. The molecule has 0 radical (unpaired) electrons. The number of aromatic nitrogens is 3. The summed E-state index contributed by atoms with van der Waals surface area (Å²) in [6.45, 7) is 8.07. The number of benzene rings is 1. The van der Waals surface area contributed by atoms with Crippen molar-refractivity contribution in [1.29, 1.82) is 0 Å². The third-order valence-corrected chi connectivity index (χ3v) is 4.70. The van der Waals surface area contributed by atoms with Crippen LogP contribution in [0.4, 0.5) is 0 Å². The van der Waals surface area contributed by atoms with Crippen LogP contribution in [0, 0.1) is 11.8 Å². The molecule has 4 rings (SSSR count). The van der Waals surface area contributed by atoms with Gasteiger partial charge in [0, 0.05) is 6.42 Å². The molecule has 0 spiro atoms. The summed E-state index contributed by atoms with van der Waals surface area (Å²) >= 11 is 0. The predicted molar refractivity (Wildman–Crippen MR) is 83.8 cm³/mol. The highest BCUT2D eigenvalue weighted by Crippen LogP contribution is 2.47. The highest BCUT2D eigenvalue weighted by Gasteiger charge is 2.39. The van der Waals surface area contributed by atoms with Gasteiger partial charge in [0.25, 0.3) is 0 Å². The Bertz CT molecular complexity index is 699. The van der Waals surface area contributed by atoms with Crippen LogP contribution in [0.15, 0.2) is 49.6 Å². The predicted octanol–water partition coefficient (Wildman–Crippen LogP) is 3.65. The molecule has 2 aromatic rings. The molecule has 0 amide bonds. The highest BCUT2D eigenvalue weighted by molar-refractivity contribution is 5.62. The highest BCUT2D eigenvalue weighted by atomic mass is 15.4. The number of allylic oxidation sites excluding steroid dienone is 2. The van der Waals surface area contributed by atoms with E-state index in [9.17, 15) is 0 Å². The van der Waals surface area contributed by atoms with Crippen molar-refractivity contribution in [3.8, 4) is 0 Å². The number of hydrogen-bond acceptors (Lipinski definition) is 2. The molecule has 1 aliphatic carbocycles. The second-order valence-electron chi connectivity index (χ2n) is 6.03. The van der Waals surface area contributed by atoms with Crippen LogP contribution in [0.5, 0.6) is 0 Å². The van der Waals surface area contributed by atoms with Crippen LogP contribution in [0.25, 0.3) is 5.57 Å². The molecule has 3 nitrogen and oxygen atoms in total. The quantitative estimate of drug-likeness (QED) is 0.799. The molecule has 21 heavy (non-hydrogen) atoms. The van der Waals surface area contributed by atoms with E-state index < -0.39 is 0 Å². The average molecular weight is 277 g/mol. The summed E-state index contributed by atoms with van der Waals surface area (Å²) in [5, 5.41) is 4.75. The van der Waals surface area contributed by atoms with Crippen molar-refractivity contribution in [2.24, 2.45) is 11.8 Å². The van der Waals surface area contributed by atoms with Gasteiger partial charge in [-0.25, -0.2) is 9.67 Å². The van der Waals surface area contributed by atoms with Gasteiger partial charge in [0.05, 0.1) is 6.04 Å². The van der Waals surface area contributed by atoms with Gasteiger partial charge in [-0.3, -0.25) is 0 Å². The van der Waals surface area contributed by atoms with E-state index in [1.807, 2.05) is 6.08 Å². The van der Waals surface area contributed by atoms with Crippen LogP contribution < -0.4 is 0 Å². The molecule has 1 fully saturated rings. The molecule has 3 atom stereocenters. The lowest BCUT2D eigenvalue weighted by molar-refractivity contribution is 0.553. The second kappa shape index (κ2) is 4.69. The van der Waals surface area contributed by atoms with Crippen LogP contribution in [0.2, 0.25) is 0 Å². The molecule has 1 aromatic heterocycles. The van der Waals surface area contributed by atoms with E-state index in [2.05, 4.69) is 48.2 Å². The summed E-state index contributed by atoms with van der Waals surface area (Å²) in [5.41, 5.74) is 2.39. The smallest absolute Gasteiger partial charge is 0.177 e. The molecule has 1 aromatic carbocycles. The summed E-state index contributed by atoms with van der Waals surface area (Å²) in [7, 11) is 0. The first-order chi connectivity index (χ1) is 10.3. The Labute approximate surface area is 125 Å². The number of fused-ring (bicyclic) bond motifs is 1. The first kappa shape index (κ1) is 12.6. The second-order valence-corrected chi connectivity index (χ2v) is 6.03. The molecule has 106 valence electrons. The zero-order chi connectivity index (χ0) is 14.4. The number of aryl methyl sites for hydroxylation is 1. The Morgan fingerprint density at radius 2 is 2.10 bits per heavy atom. The van der Waals surface area contributed by atoms with Gasteiger partial charge in [0.2, 0.25) is 0 Å². The fourth-order valence-electron chi connectivity index (χ4n) is 3.32. The maximum Gasteiger partial charge on any atom is 0.177 e. The van der Waals surface area contributed by atoms with Crippen molar-refractivity contribution in [1.82, 2.24) is 14.8 Å². The maximum atomic E-state index is 4.75. The van der Waals surface area contributed by atoms with E-state index in [0.717, 1.165) is 36.5 Å². The van der Waals surface area contributed by atoms with Crippen molar-refractivity contribution in [3.05, 3.63) is 66.8 Å². The molecule has 1 unspecified atom stereocenters. The van der Waals surface area contributed by atoms with Crippen molar-refractivity contribution >= 4 is 5.57 Å². The van der Waals surface area contributed by atoms with Gasteiger partial charge in [-0.2, -0.15) is 5.10 Å². The standard InChI is InChI=1S/C18H19N3/c1-3-13-11-15(13)12(2)18-19-17-10-9-16(21(17)20-18)14-7-5-4-6-8-14/h3-8,13,15-16H,1-2,9-11H2/t13-,15+,16?/m0/s1. The van der Waals surface area contributed by atoms with E-state index in [4.69, 9.17) is 10.1 Å². The van der Waals surface area contributed by atoms with Crippen LogP contribution in [-0.2, 0) is 6.42 Å². The molecular weight excluding hydrogens is 258 g/mol.